The lowest BCUT2D eigenvalue weighted by Crippen LogP contribution is -2.57. The number of benzene rings is 1. The van der Waals surface area contributed by atoms with Crippen LogP contribution in [-0.4, -0.2) is 37.9 Å². The predicted octanol–water partition coefficient (Wildman–Crippen LogP) is 2.42. The second kappa shape index (κ2) is 4.88. The quantitative estimate of drug-likeness (QED) is 0.792. The number of hydrogen-bond acceptors (Lipinski definition) is 3. The number of ether oxygens (including phenoxy) is 1. The summed E-state index contributed by atoms with van der Waals surface area (Å²) in [5.74, 6) is 1.41. The lowest BCUT2D eigenvalue weighted by molar-refractivity contribution is -0.110. The van der Waals surface area contributed by atoms with Gasteiger partial charge in [0, 0.05) is 17.9 Å². The molecule has 0 amide bonds. The van der Waals surface area contributed by atoms with Gasteiger partial charge in [-0.15, -0.1) is 0 Å². The second-order valence-corrected chi connectivity index (χ2v) is 6.34. The van der Waals surface area contributed by atoms with Crippen LogP contribution in [0.5, 0.6) is 5.75 Å². The number of rotatable bonds is 3. The predicted molar refractivity (Wildman–Crippen MR) is 79.3 cm³/mol. The van der Waals surface area contributed by atoms with E-state index < -0.39 is 0 Å². The Morgan fingerprint density at radius 1 is 1.50 bits per heavy atom. The number of piperidine rings is 1. The zero-order chi connectivity index (χ0) is 14.3. The highest BCUT2D eigenvalue weighted by molar-refractivity contribution is 5.57. The molecule has 1 aliphatic carbocycles. The van der Waals surface area contributed by atoms with Crippen LogP contribution in [0.1, 0.15) is 30.9 Å². The number of nitrogens with zero attached hydrogens (tertiary/aromatic N) is 1. The van der Waals surface area contributed by atoms with Crippen molar-refractivity contribution in [2.75, 3.05) is 20.7 Å². The number of carbonyl (C=O) groups is 1. The highest BCUT2D eigenvalue weighted by atomic mass is 16.5. The third-order valence-electron chi connectivity index (χ3n) is 5.66. The molecule has 1 unspecified atom stereocenters. The van der Waals surface area contributed by atoms with Crippen molar-refractivity contribution in [1.82, 2.24) is 4.90 Å². The summed E-state index contributed by atoms with van der Waals surface area (Å²) in [5.41, 5.74) is 2.74. The van der Waals surface area contributed by atoms with Gasteiger partial charge in [-0.3, -0.25) is 0 Å². The Labute approximate surface area is 120 Å². The number of likely N-dealkylation sites (tertiary alicyclic amines) is 1. The summed E-state index contributed by atoms with van der Waals surface area (Å²) in [6, 6.07) is 6.94. The number of aldehydes is 1. The van der Waals surface area contributed by atoms with E-state index in [4.69, 9.17) is 4.74 Å². The molecule has 3 atom stereocenters. The summed E-state index contributed by atoms with van der Waals surface area (Å²) in [6.07, 6.45) is 3.86. The number of likely N-dealkylation sites (N-methyl/N-ethyl adjacent to an activating group) is 1. The van der Waals surface area contributed by atoms with Crippen molar-refractivity contribution in [3.8, 4) is 5.75 Å². The van der Waals surface area contributed by atoms with E-state index in [0.717, 1.165) is 31.4 Å². The average Bonchev–Trinajstić information content (AvgIpc) is 2.46. The van der Waals surface area contributed by atoms with Crippen molar-refractivity contribution in [2.24, 2.45) is 5.92 Å². The fourth-order valence-electron chi connectivity index (χ4n) is 4.33. The van der Waals surface area contributed by atoms with Crippen LogP contribution in [0, 0.1) is 5.92 Å². The van der Waals surface area contributed by atoms with E-state index in [1.807, 2.05) is 6.07 Å². The first kappa shape index (κ1) is 13.6. The molecular formula is C17H23NO2. The third-order valence-corrected chi connectivity index (χ3v) is 5.66. The molecule has 1 fully saturated rings. The van der Waals surface area contributed by atoms with Crippen LogP contribution in [-0.2, 0) is 16.6 Å². The van der Waals surface area contributed by atoms with E-state index in [0.29, 0.717) is 18.4 Å². The molecule has 0 N–H and O–H groups in total. The Hall–Kier alpha value is -1.35. The van der Waals surface area contributed by atoms with E-state index in [9.17, 15) is 4.79 Å². The van der Waals surface area contributed by atoms with Gasteiger partial charge in [-0.2, -0.15) is 0 Å². The molecule has 1 aromatic rings. The van der Waals surface area contributed by atoms with Crippen LogP contribution in [0.3, 0.4) is 0 Å². The highest BCUT2D eigenvalue weighted by Gasteiger charge is 2.50. The van der Waals surface area contributed by atoms with Crippen molar-refractivity contribution in [3.05, 3.63) is 29.3 Å². The fourth-order valence-corrected chi connectivity index (χ4v) is 4.33. The first-order valence-corrected chi connectivity index (χ1v) is 7.43. The summed E-state index contributed by atoms with van der Waals surface area (Å²) >= 11 is 0. The molecular weight excluding hydrogens is 250 g/mol. The number of fused-ring (bicyclic) bond motifs is 4. The van der Waals surface area contributed by atoms with Crippen LogP contribution >= 0.6 is 0 Å². The number of hydrogen-bond donors (Lipinski definition) is 0. The van der Waals surface area contributed by atoms with Crippen LogP contribution < -0.4 is 4.74 Å². The van der Waals surface area contributed by atoms with Gasteiger partial charge in [-0.25, -0.2) is 0 Å². The second-order valence-electron chi connectivity index (χ2n) is 6.34. The fraction of sp³-hybridized carbons (Fsp3) is 0.588. The zero-order valence-electron chi connectivity index (χ0n) is 12.6. The van der Waals surface area contributed by atoms with Crippen LogP contribution in [0.4, 0.5) is 0 Å². The van der Waals surface area contributed by atoms with Gasteiger partial charge >= 0.3 is 0 Å². The van der Waals surface area contributed by atoms with Crippen LogP contribution in [0.15, 0.2) is 18.2 Å². The lowest BCUT2D eigenvalue weighted by atomic mass is 9.57. The SMILES string of the molecule is COc1ccc2c(c1)C1(CC=O)CCN(C)[C@H](C2)[C@@H]1C. The maximum Gasteiger partial charge on any atom is 0.120 e. The van der Waals surface area contributed by atoms with Crippen molar-refractivity contribution in [1.29, 1.82) is 0 Å². The van der Waals surface area contributed by atoms with Crippen molar-refractivity contribution in [2.45, 2.75) is 37.6 Å². The molecule has 1 saturated heterocycles. The van der Waals surface area contributed by atoms with E-state index in [2.05, 4.69) is 31.0 Å². The van der Waals surface area contributed by atoms with E-state index in [-0.39, 0.29) is 5.41 Å². The first-order valence-electron chi connectivity index (χ1n) is 7.43. The Balaban J connectivity index is 2.16. The maximum atomic E-state index is 11.3. The van der Waals surface area contributed by atoms with E-state index in [1.54, 1.807) is 7.11 Å². The summed E-state index contributed by atoms with van der Waals surface area (Å²) in [6.45, 7) is 3.38. The molecule has 2 aliphatic rings. The lowest BCUT2D eigenvalue weighted by Gasteiger charge is -2.54. The molecule has 108 valence electrons. The Bertz CT molecular complexity index is 528. The molecule has 3 nitrogen and oxygen atoms in total. The van der Waals surface area contributed by atoms with Crippen molar-refractivity contribution < 1.29 is 9.53 Å². The molecule has 1 aliphatic heterocycles. The first-order chi connectivity index (χ1) is 9.62. The van der Waals surface area contributed by atoms with Crippen molar-refractivity contribution >= 4 is 6.29 Å². The zero-order valence-corrected chi connectivity index (χ0v) is 12.6. The minimum absolute atomic E-state index is 0.00104. The summed E-state index contributed by atoms with van der Waals surface area (Å²) in [7, 11) is 3.92. The molecule has 0 radical (unpaired) electrons. The van der Waals surface area contributed by atoms with Gasteiger partial charge in [0.05, 0.1) is 7.11 Å². The molecule has 1 heterocycles. The van der Waals surface area contributed by atoms with Gasteiger partial charge in [0.1, 0.15) is 12.0 Å². The minimum Gasteiger partial charge on any atom is -0.497 e. The largest absolute Gasteiger partial charge is 0.497 e. The Kier molecular flexibility index (Phi) is 3.33. The standard InChI is InChI=1S/C17H23NO2/c1-12-16-10-13-4-5-14(20-3)11-15(13)17(12,7-9-19)6-8-18(16)2/h4-5,9,11-12,16H,6-8,10H2,1-3H3/t12-,16+,17?/m0/s1. The third kappa shape index (κ3) is 1.80. The molecule has 1 aromatic carbocycles. The molecule has 0 spiro atoms. The molecule has 3 rings (SSSR count). The highest BCUT2D eigenvalue weighted by Crippen LogP contribution is 2.50. The average molecular weight is 273 g/mol. The molecule has 3 heteroatoms. The molecule has 20 heavy (non-hydrogen) atoms. The van der Waals surface area contributed by atoms with Crippen LogP contribution in [0.25, 0.3) is 0 Å². The van der Waals surface area contributed by atoms with Crippen LogP contribution in [0.2, 0.25) is 0 Å². The topological polar surface area (TPSA) is 29.5 Å². The minimum atomic E-state index is 0.00104. The number of carbonyl (C=O) groups excluding carboxylic acids is 1. The van der Waals surface area contributed by atoms with Gasteiger partial charge in [-0.1, -0.05) is 13.0 Å². The normalized spacial score (nSPS) is 32.5. The van der Waals surface area contributed by atoms with Gasteiger partial charge < -0.3 is 14.4 Å². The van der Waals surface area contributed by atoms with Gasteiger partial charge in [-0.05, 0) is 55.6 Å². The monoisotopic (exact) mass is 273 g/mol. The van der Waals surface area contributed by atoms with Gasteiger partial charge in [0.25, 0.3) is 0 Å². The Morgan fingerprint density at radius 3 is 3.00 bits per heavy atom. The molecule has 2 bridgehead atoms. The number of methoxy groups -OCH3 is 1. The van der Waals surface area contributed by atoms with Crippen molar-refractivity contribution in [3.63, 3.8) is 0 Å². The van der Waals surface area contributed by atoms with E-state index in [1.165, 1.54) is 11.1 Å². The molecule has 0 saturated carbocycles. The smallest absolute Gasteiger partial charge is 0.120 e. The summed E-state index contributed by atoms with van der Waals surface area (Å²) < 4.78 is 5.40. The van der Waals surface area contributed by atoms with E-state index >= 15 is 0 Å². The summed E-state index contributed by atoms with van der Waals surface area (Å²) in [4.78, 5) is 13.8. The summed E-state index contributed by atoms with van der Waals surface area (Å²) in [5, 5.41) is 0. The van der Waals surface area contributed by atoms with Gasteiger partial charge in [0.2, 0.25) is 0 Å². The molecule has 0 aromatic heterocycles. The Morgan fingerprint density at radius 2 is 2.30 bits per heavy atom. The maximum absolute atomic E-state index is 11.3. The van der Waals surface area contributed by atoms with Gasteiger partial charge in [0.15, 0.2) is 0 Å².